The van der Waals surface area contributed by atoms with E-state index in [-0.39, 0.29) is 24.2 Å². The van der Waals surface area contributed by atoms with Gasteiger partial charge in [0.1, 0.15) is 5.75 Å². The molecule has 2 N–H and O–H groups in total. The Bertz CT molecular complexity index is 740. The molecule has 2 aromatic rings. The number of thiophene rings is 1. The maximum Gasteiger partial charge on any atom is 0.303 e. The second-order valence-electron chi connectivity index (χ2n) is 6.24. The molecule has 1 aliphatic heterocycles. The number of carbonyl (C=O) groups is 1. The molecular formula is C20H22O5S. The molecule has 2 heterocycles. The van der Waals surface area contributed by atoms with Crippen molar-refractivity contribution >= 4 is 17.3 Å². The van der Waals surface area contributed by atoms with Crippen LogP contribution in [0.5, 0.6) is 5.75 Å². The molecular weight excluding hydrogens is 352 g/mol. The fourth-order valence-electron chi connectivity index (χ4n) is 3.01. The Morgan fingerprint density at radius 2 is 2.12 bits per heavy atom. The fourth-order valence-corrected chi connectivity index (χ4v) is 3.67. The summed E-state index contributed by atoms with van der Waals surface area (Å²) in [6, 6.07) is 9.18. The lowest BCUT2D eigenvalue weighted by Crippen LogP contribution is -2.30. The van der Waals surface area contributed by atoms with Gasteiger partial charge in [-0.25, -0.2) is 0 Å². The zero-order valence-corrected chi connectivity index (χ0v) is 15.1. The Balaban J connectivity index is 1.72. The van der Waals surface area contributed by atoms with Crippen LogP contribution in [-0.4, -0.2) is 22.8 Å². The molecule has 0 saturated carbocycles. The van der Waals surface area contributed by atoms with Gasteiger partial charge in [-0.05, 0) is 35.7 Å². The highest BCUT2D eigenvalue weighted by Gasteiger charge is 2.34. The predicted octanol–water partition coefficient (Wildman–Crippen LogP) is 4.67. The highest BCUT2D eigenvalue weighted by atomic mass is 32.1. The molecule has 0 amide bonds. The summed E-state index contributed by atoms with van der Waals surface area (Å²) in [5.41, 5.74) is 1.73. The second-order valence-corrected chi connectivity index (χ2v) is 7.02. The molecule has 3 atom stereocenters. The van der Waals surface area contributed by atoms with Crippen molar-refractivity contribution in [2.45, 2.75) is 31.7 Å². The van der Waals surface area contributed by atoms with Gasteiger partial charge in [0.25, 0.3) is 0 Å². The van der Waals surface area contributed by atoms with E-state index in [0.29, 0.717) is 19.4 Å². The summed E-state index contributed by atoms with van der Waals surface area (Å²) in [5.74, 6) is -0.549. The average Bonchev–Trinajstić information content (AvgIpc) is 3.16. The number of carboxylic acid groups (broad SMARTS) is 1. The minimum Gasteiger partial charge on any atom is -0.508 e. The molecule has 5 nitrogen and oxygen atoms in total. The second kappa shape index (κ2) is 8.98. The van der Waals surface area contributed by atoms with Gasteiger partial charge in [0.05, 0.1) is 12.7 Å². The first-order chi connectivity index (χ1) is 12.6. The van der Waals surface area contributed by atoms with E-state index in [2.05, 4.69) is 0 Å². The third-order valence-corrected chi connectivity index (χ3v) is 5.05. The minimum absolute atomic E-state index is 0.0410. The van der Waals surface area contributed by atoms with Crippen molar-refractivity contribution in [1.29, 1.82) is 0 Å². The van der Waals surface area contributed by atoms with Crippen LogP contribution < -0.4 is 0 Å². The maximum atomic E-state index is 10.6. The van der Waals surface area contributed by atoms with E-state index in [0.717, 1.165) is 11.1 Å². The fraction of sp³-hybridized carbons (Fsp3) is 0.350. The van der Waals surface area contributed by atoms with E-state index in [1.807, 2.05) is 41.1 Å². The molecule has 3 rings (SSSR count). The van der Waals surface area contributed by atoms with Crippen molar-refractivity contribution in [2.75, 3.05) is 6.61 Å². The summed E-state index contributed by atoms with van der Waals surface area (Å²) < 4.78 is 12.1. The standard InChI is InChI=1S/C20H22O5S/c21-17-8-5-4-7-16(17)19-14(6-2-1-3-9-18(22)23)12-24-20(25-19)15-10-11-26-13-15/h1-2,4-5,7-8,10-11,13-14,19-21H,3,6,9,12H2,(H,22,23)/b2-1-. The number of rotatable bonds is 7. The summed E-state index contributed by atoms with van der Waals surface area (Å²) in [6.07, 6.45) is 4.42. The summed E-state index contributed by atoms with van der Waals surface area (Å²) in [6.45, 7) is 0.503. The first-order valence-corrected chi connectivity index (χ1v) is 9.53. The molecule has 1 aliphatic rings. The van der Waals surface area contributed by atoms with Gasteiger partial charge in [-0.2, -0.15) is 11.3 Å². The van der Waals surface area contributed by atoms with E-state index in [9.17, 15) is 9.90 Å². The number of allylic oxidation sites excluding steroid dienone is 2. The SMILES string of the molecule is O=C(O)CC/C=C\CC1COC(c2ccsc2)OC1c1ccccc1O. The van der Waals surface area contributed by atoms with E-state index < -0.39 is 12.3 Å². The lowest BCUT2D eigenvalue weighted by Gasteiger charge is -2.36. The minimum atomic E-state index is -0.801. The van der Waals surface area contributed by atoms with Crippen molar-refractivity contribution in [3.8, 4) is 5.75 Å². The largest absolute Gasteiger partial charge is 0.508 e. The Morgan fingerprint density at radius 3 is 2.85 bits per heavy atom. The lowest BCUT2D eigenvalue weighted by atomic mass is 9.91. The first kappa shape index (κ1) is 18.6. The molecule has 26 heavy (non-hydrogen) atoms. The van der Waals surface area contributed by atoms with Gasteiger partial charge in [-0.1, -0.05) is 30.4 Å². The Kier molecular flexibility index (Phi) is 6.44. The summed E-state index contributed by atoms with van der Waals surface area (Å²) >= 11 is 1.59. The number of aromatic hydroxyl groups is 1. The molecule has 0 aliphatic carbocycles. The normalized spacial score (nSPS) is 23.3. The van der Waals surface area contributed by atoms with Crippen LogP contribution in [0.3, 0.4) is 0 Å². The predicted molar refractivity (Wildman–Crippen MR) is 99.1 cm³/mol. The molecule has 0 radical (unpaired) electrons. The van der Waals surface area contributed by atoms with Crippen LogP contribution in [0.4, 0.5) is 0 Å². The van der Waals surface area contributed by atoms with E-state index in [1.54, 1.807) is 23.5 Å². The molecule has 1 fully saturated rings. The van der Waals surface area contributed by atoms with E-state index in [4.69, 9.17) is 14.6 Å². The highest BCUT2D eigenvalue weighted by molar-refractivity contribution is 7.07. The van der Waals surface area contributed by atoms with Crippen LogP contribution in [0.25, 0.3) is 0 Å². The van der Waals surface area contributed by atoms with E-state index >= 15 is 0 Å². The first-order valence-electron chi connectivity index (χ1n) is 8.59. The van der Waals surface area contributed by atoms with Gasteiger partial charge in [0.2, 0.25) is 0 Å². The lowest BCUT2D eigenvalue weighted by molar-refractivity contribution is -0.244. The number of benzene rings is 1. The number of phenols is 1. The van der Waals surface area contributed by atoms with Crippen molar-refractivity contribution in [3.63, 3.8) is 0 Å². The Morgan fingerprint density at radius 1 is 1.27 bits per heavy atom. The number of hydrogen-bond acceptors (Lipinski definition) is 5. The molecule has 0 spiro atoms. The third-order valence-electron chi connectivity index (χ3n) is 4.35. The molecule has 6 heteroatoms. The van der Waals surface area contributed by atoms with Crippen LogP contribution in [0.2, 0.25) is 0 Å². The van der Waals surface area contributed by atoms with Crippen molar-refractivity contribution in [2.24, 2.45) is 5.92 Å². The number of ether oxygens (including phenoxy) is 2. The molecule has 0 bridgehead atoms. The molecule has 3 unspecified atom stereocenters. The number of aliphatic carboxylic acids is 1. The quantitative estimate of drug-likeness (QED) is 0.689. The van der Waals surface area contributed by atoms with Gasteiger partial charge in [-0.3, -0.25) is 4.79 Å². The van der Waals surface area contributed by atoms with Gasteiger partial charge >= 0.3 is 5.97 Å². The van der Waals surface area contributed by atoms with Gasteiger partial charge < -0.3 is 19.7 Å². The van der Waals surface area contributed by atoms with Crippen molar-refractivity contribution in [1.82, 2.24) is 0 Å². The average molecular weight is 374 g/mol. The van der Waals surface area contributed by atoms with Crippen molar-refractivity contribution < 1.29 is 24.5 Å². The highest BCUT2D eigenvalue weighted by Crippen LogP contribution is 2.42. The number of carboxylic acids is 1. The zero-order chi connectivity index (χ0) is 18.4. The van der Waals surface area contributed by atoms with Crippen LogP contribution in [-0.2, 0) is 14.3 Å². The van der Waals surface area contributed by atoms with Crippen LogP contribution in [0, 0.1) is 5.92 Å². The summed E-state index contributed by atoms with van der Waals surface area (Å²) in [4.78, 5) is 10.6. The molecule has 1 aromatic carbocycles. The summed E-state index contributed by atoms with van der Waals surface area (Å²) in [7, 11) is 0. The Hall–Kier alpha value is -2.15. The third kappa shape index (κ3) is 4.72. The van der Waals surface area contributed by atoms with Gasteiger partial charge in [-0.15, -0.1) is 0 Å². The molecule has 1 saturated heterocycles. The zero-order valence-electron chi connectivity index (χ0n) is 14.3. The van der Waals surface area contributed by atoms with Gasteiger partial charge in [0, 0.05) is 23.5 Å². The smallest absolute Gasteiger partial charge is 0.303 e. The van der Waals surface area contributed by atoms with Crippen molar-refractivity contribution in [3.05, 3.63) is 64.4 Å². The number of hydrogen-bond donors (Lipinski definition) is 2. The van der Waals surface area contributed by atoms with Gasteiger partial charge in [0.15, 0.2) is 6.29 Å². The van der Waals surface area contributed by atoms with Crippen LogP contribution >= 0.6 is 11.3 Å². The maximum absolute atomic E-state index is 10.6. The number of para-hydroxylation sites is 1. The van der Waals surface area contributed by atoms with Crippen LogP contribution in [0.1, 0.15) is 42.8 Å². The van der Waals surface area contributed by atoms with Crippen LogP contribution in [0.15, 0.2) is 53.2 Å². The van der Waals surface area contributed by atoms with E-state index in [1.165, 1.54) is 0 Å². The summed E-state index contributed by atoms with van der Waals surface area (Å²) in [5, 5.41) is 22.9. The topological polar surface area (TPSA) is 76.0 Å². The monoisotopic (exact) mass is 374 g/mol. The molecule has 138 valence electrons. The number of phenolic OH excluding ortho intramolecular Hbond substituents is 1. The molecule has 1 aromatic heterocycles. The Labute approximate surface area is 156 Å².